The first-order valence-electron chi connectivity index (χ1n) is 14.0. The number of piperidine rings is 1. The van der Waals surface area contributed by atoms with Gasteiger partial charge < -0.3 is 19.5 Å². The molecular formula is C32H37ClN2O4. The van der Waals surface area contributed by atoms with Crippen LogP contribution in [-0.4, -0.2) is 71.8 Å². The number of carbonyl (C=O) groups excluding carboxylic acids is 1. The summed E-state index contributed by atoms with van der Waals surface area (Å²) < 4.78 is 12.6. The summed E-state index contributed by atoms with van der Waals surface area (Å²) in [6.07, 6.45) is 5.22. The van der Waals surface area contributed by atoms with Crippen LogP contribution in [0.5, 0.6) is 11.5 Å². The lowest BCUT2D eigenvalue weighted by molar-refractivity contribution is -0.199. The molecule has 2 aromatic rings. The Morgan fingerprint density at radius 1 is 1.23 bits per heavy atom. The van der Waals surface area contributed by atoms with Crippen LogP contribution in [0.2, 0.25) is 0 Å². The largest absolute Gasteiger partial charge is 0.493 e. The number of methoxy groups -OCH3 is 1. The van der Waals surface area contributed by atoms with Gasteiger partial charge in [-0.3, -0.25) is 9.69 Å². The molecule has 206 valence electrons. The fourth-order valence-corrected chi connectivity index (χ4v) is 8.09. The van der Waals surface area contributed by atoms with Crippen LogP contribution in [0.15, 0.2) is 36.4 Å². The molecule has 0 aromatic heterocycles. The Hall–Kier alpha value is -2.72. The van der Waals surface area contributed by atoms with Crippen molar-refractivity contribution in [1.29, 1.82) is 0 Å². The molecule has 2 aromatic carbocycles. The summed E-state index contributed by atoms with van der Waals surface area (Å²) >= 11 is 0. The van der Waals surface area contributed by atoms with E-state index in [-0.39, 0.29) is 36.5 Å². The number of halogens is 1. The maximum absolute atomic E-state index is 13.4. The third-order valence-electron chi connectivity index (χ3n) is 10.1. The van der Waals surface area contributed by atoms with Gasteiger partial charge in [-0.05, 0) is 87.2 Å². The normalized spacial score (nSPS) is 31.6. The zero-order valence-electron chi connectivity index (χ0n) is 22.9. The average molecular weight is 549 g/mol. The van der Waals surface area contributed by atoms with Crippen molar-refractivity contribution in [3.63, 3.8) is 0 Å². The van der Waals surface area contributed by atoms with E-state index in [9.17, 15) is 9.90 Å². The second-order valence-corrected chi connectivity index (χ2v) is 12.1. The Labute approximate surface area is 237 Å². The van der Waals surface area contributed by atoms with Crippen molar-refractivity contribution in [2.24, 2.45) is 5.92 Å². The summed E-state index contributed by atoms with van der Waals surface area (Å²) in [5.41, 5.74) is 2.88. The number of aliphatic hydroxyl groups is 1. The molecule has 1 spiro atoms. The van der Waals surface area contributed by atoms with Gasteiger partial charge in [0.15, 0.2) is 11.5 Å². The van der Waals surface area contributed by atoms with Crippen LogP contribution in [0.4, 0.5) is 0 Å². The predicted molar refractivity (Wildman–Crippen MR) is 152 cm³/mol. The number of aryl methyl sites for hydroxylation is 1. The van der Waals surface area contributed by atoms with Gasteiger partial charge in [0.05, 0.1) is 24.2 Å². The van der Waals surface area contributed by atoms with E-state index < -0.39 is 11.0 Å². The molecule has 2 heterocycles. The predicted octanol–water partition coefficient (Wildman–Crippen LogP) is 3.87. The van der Waals surface area contributed by atoms with Crippen molar-refractivity contribution >= 4 is 18.3 Å². The van der Waals surface area contributed by atoms with E-state index in [4.69, 9.17) is 9.47 Å². The number of carbonyl (C=O) groups is 1. The van der Waals surface area contributed by atoms with E-state index in [2.05, 4.69) is 22.8 Å². The van der Waals surface area contributed by atoms with E-state index in [1.54, 1.807) is 12.0 Å². The summed E-state index contributed by atoms with van der Waals surface area (Å²) in [6, 6.07) is 11.9. The Kier molecular flexibility index (Phi) is 6.41. The highest BCUT2D eigenvalue weighted by Gasteiger charge is 2.73. The minimum Gasteiger partial charge on any atom is -0.493 e. The third kappa shape index (κ3) is 3.81. The fraction of sp³-hybridized carbons (Fsp3) is 0.531. The molecule has 1 saturated heterocycles. The molecule has 0 unspecified atom stereocenters. The Balaban J connectivity index is 0.00000277. The van der Waals surface area contributed by atoms with Crippen LogP contribution >= 0.6 is 12.4 Å². The van der Waals surface area contributed by atoms with Crippen LogP contribution in [0.1, 0.15) is 54.4 Å². The fourth-order valence-electron chi connectivity index (χ4n) is 8.09. The summed E-state index contributed by atoms with van der Waals surface area (Å²) in [4.78, 5) is 17.7. The van der Waals surface area contributed by atoms with Gasteiger partial charge in [-0.1, -0.05) is 24.1 Å². The molecule has 39 heavy (non-hydrogen) atoms. The van der Waals surface area contributed by atoms with Gasteiger partial charge in [-0.15, -0.1) is 12.4 Å². The molecule has 5 atom stereocenters. The van der Waals surface area contributed by atoms with Gasteiger partial charge >= 0.3 is 0 Å². The van der Waals surface area contributed by atoms with Gasteiger partial charge in [-0.2, -0.15) is 0 Å². The summed E-state index contributed by atoms with van der Waals surface area (Å²) in [6.45, 7) is 4.03. The van der Waals surface area contributed by atoms with Crippen LogP contribution < -0.4 is 9.47 Å². The standard InChI is InChI=1S/C32H36N2O4.ClH/c1-20-5-4-6-21(17-20)9-12-27(35)33(2)24-13-14-32(36)26-18-23-10-11-25(37-3)29-28(23)31(32,30(24)38-29)15-16-34(26)19-22-7-8-22;/h4-6,10-11,17,22,24,26,30,36H,7-8,13-16,18-19H2,1-3H3;1H/t24-,26-,30+,31+,32-;/m1./s1. The van der Waals surface area contributed by atoms with E-state index in [0.717, 1.165) is 54.3 Å². The molecule has 7 heteroatoms. The highest BCUT2D eigenvalue weighted by atomic mass is 35.5. The zero-order chi connectivity index (χ0) is 26.2. The van der Waals surface area contributed by atoms with Gasteiger partial charge in [-0.25, -0.2) is 0 Å². The number of likely N-dealkylation sites (tertiary alicyclic amines) is 1. The van der Waals surface area contributed by atoms with Gasteiger partial charge in [0.2, 0.25) is 0 Å². The van der Waals surface area contributed by atoms with Crippen molar-refractivity contribution in [3.8, 4) is 23.3 Å². The molecular weight excluding hydrogens is 512 g/mol. The Morgan fingerprint density at radius 3 is 2.79 bits per heavy atom. The first-order valence-corrected chi connectivity index (χ1v) is 14.0. The van der Waals surface area contributed by atoms with Crippen molar-refractivity contribution in [3.05, 3.63) is 58.7 Å². The SMILES string of the molecule is COc1ccc2c3c1O[C@H]1[C@H](N(C)C(=O)C#Cc4cccc(C)c4)CC[C@@]4(O)[C@@H](C2)N(CC2CC2)CC[C@]314.Cl. The molecule has 2 saturated carbocycles. The first kappa shape index (κ1) is 26.5. The zero-order valence-corrected chi connectivity index (χ0v) is 23.7. The van der Waals surface area contributed by atoms with Crippen molar-refractivity contribution in [2.75, 3.05) is 27.2 Å². The molecule has 2 bridgehead atoms. The molecule has 5 aliphatic rings. The smallest absolute Gasteiger partial charge is 0.298 e. The minimum absolute atomic E-state index is 0. The van der Waals surface area contributed by atoms with Gasteiger partial charge in [0.25, 0.3) is 5.91 Å². The highest BCUT2D eigenvalue weighted by Crippen LogP contribution is 2.66. The van der Waals surface area contributed by atoms with E-state index >= 15 is 0 Å². The molecule has 0 radical (unpaired) electrons. The minimum atomic E-state index is -0.900. The van der Waals surface area contributed by atoms with Gasteiger partial charge in [0, 0.05) is 36.7 Å². The molecule has 6 nitrogen and oxygen atoms in total. The third-order valence-corrected chi connectivity index (χ3v) is 10.1. The Morgan fingerprint density at radius 2 is 2.05 bits per heavy atom. The van der Waals surface area contributed by atoms with Crippen molar-refractivity contribution < 1.29 is 19.4 Å². The number of nitrogens with zero attached hydrogens (tertiary/aromatic N) is 2. The lowest BCUT2D eigenvalue weighted by Crippen LogP contribution is -2.78. The van der Waals surface area contributed by atoms with Crippen LogP contribution in [0.25, 0.3) is 0 Å². The second kappa shape index (κ2) is 9.44. The summed E-state index contributed by atoms with van der Waals surface area (Å²) in [5, 5.41) is 12.7. The Bertz CT molecular complexity index is 1380. The quantitative estimate of drug-likeness (QED) is 0.588. The van der Waals surface area contributed by atoms with E-state index in [0.29, 0.717) is 18.6 Å². The second-order valence-electron chi connectivity index (χ2n) is 12.1. The van der Waals surface area contributed by atoms with Crippen LogP contribution in [0, 0.1) is 24.7 Å². The number of amides is 1. The number of likely N-dealkylation sites (N-methyl/N-ethyl adjacent to an activating group) is 1. The number of hydrogen-bond donors (Lipinski definition) is 1. The first-order chi connectivity index (χ1) is 18.4. The number of rotatable bonds is 4. The maximum atomic E-state index is 13.4. The van der Waals surface area contributed by atoms with Crippen molar-refractivity contribution in [2.45, 2.75) is 74.7 Å². The maximum Gasteiger partial charge on any atom is 0.298 e. The van der Waals surface area contributed by atoms with Crippen LogP contribution in [-0.2, 0) is 16.6 Å². The lowest BCUT2D eigenvalue weighted by Gasteiger charge is -2.64. The number of benzene rings is 2. The molecule has 1 amide bonds. The highest BCUT2D eigenvalue weighted by molar-refractivity contribution is 5.94. The molecule has 3 aliphatic carbocycles. The molecule has 7 rings (SSSR count). The average Bonchev–Trinajstić information content (AvgIpc) is 3.66. The van der Waals surface area contributed by atoms with Gasteiger partial charge in [0.1, 0.15) is 6.10 Å². The summed E-state index contributed by atoms with van der Waals surface area (Å²) in [5.74, 6) is 7.94. The molecule has 1 N–H and O–H groups in total. The van der Waals surface area contributed by atoms with E-state index in [1.165, 1.54) is 18.4 Å². The number of ether oxygens (including phenoxy) is 2. The summed E-state index contributed by atoms with van der Waals surface area (Å²) in [7, 11) is 3.51. The van der Waals surface area contributed by atoms with Crippen molar-refractivity contribution in [1.82, 2.24) is 9.80 Å². The monoisotopic (exact) mass is 548 g/mol. The number of hydrogen-bond acceptors (Lipinski definition) is 5. The molecule has 3 fully saturated rings. The van der Waals surface area contributed by atoms with Crippen LogP contribution in [0.3, 0.4) is 0 Å². The van der Waals surface area contributed by atoms with E-state index in [1.807, 2.05) is 44.3 Å². The topological polar surface area (TPSA) is 62.2 Å². The molecule has 2 aliphatic heterocycles. The lowest BCUT2D eigenvalue weighted by atomic mass is 9.48.